The lowest BCUT2D eigenvalue weighted by atomic mass is 10.3. The Morgan fingerprint density at radius 2 is 2.31 bits per heavy atom. The van der Waals surface area contributed by atoms with Crippen LogP contribution in [-0.2, 0) is 11.8 Å². The molecule has 0 saturated carbocycles. The highest BCUT2D eigenvalue weighted by atomic mass is 16.5. The molecule has 6 heteroatoms. The molecule has 0 bridgehead atoms. The maximum absolute atomic E-state index is 5.16. The Balaban J connectivity index is 2.24. The van der Waals surface area contributed by atoms with Gasteiger partial charge in [-0.1, -0.05) is 0 Å². The van der Waals surface area contributed by atoms with Crippen LogP contribution in [0.15, 0.2) is 12.5 Å². The molecule has 2 rings (SSSR count). The van der Waals surface area contributed by atoms with E-state index in [1.165, 1.54) is 6.33 Å². The molecule has 2 heterocycles. The van der Waals surface area contributed by atoms with E-state index in [2.05, 4.69) is 20.4 Å². The highest BCUT2D eigenvalue weighted by Gasteiger charge is 2.08. The van der Waals surface area contributed by atoms with Gasteiger partial charge in [0.15, 0.2) is 5.65 Å². The molecular formula is C10H15N5O. The van der Waals surface area contributed by atoms with E-state index in [9.17, 15) is 0 Å². The van der Waals surface area contributed by atoms with Gasteiger partial charge in [0, 0.05) is 20.7 Å². The maximum atomic E-state index is 5.16. The highest BCUT2D eigenvalue weighted by Crippen LogP contribution is 2.17. The van der Waals surface area contributed by atoms with Crippen LogP contribution in [0.5, 0.6) is 0 Å². The summed E-state index contributed by atoms with van der Waals surface area (Å²) >= 11 is 0. The van der Waals surface area contributed by atoms with Crippen LogP contribution in [-0.4, -0.2) is 39.5 Å². The molecule has 0 saturated heterocycles. The summed E-state index contributed by atoms with van der Waals surface area (Å²) in [5, 5.41) is 8.29. The fourth-order valence-corrected chi connectivity index (χ4v) is 1.43. The van der Waals surface area contributed by atoms with Crippen molar-refractivity contribution in [3.63, 3.8) is 0 Å². The molecule has 1 unspecified atom stereocenters. The second kappa shape index (κ2) is 4.44. The van der Waals surface area contributed by atoms with E-state index >= 15 is 0 Å². The third-order valence-corrected chi connectivity index (χ3v) is 2.49. The second-order valence-electron chi connectivity index (χ2n) is 3.65. The van der Waals surface area contributed by atoms with Gasteiger partial charge in [0.25, 0.3) is 0 Å². The fraction of sp³-hybridized carbons (Fsp3) is 0.500. The van der Waals surface area contributed by atoms with Gasteiger partial charge in [-0.15, -0.1) is 0 Å². The van der Waals surface area contributed by atoms with E-state index in [4.69, 9.17) is 4.74 Å². The lowest BCUT2D eigenvalue weighted by molar-refractivity contribution is 0.128. The zero-order chi connectivity index (χ0) is 11.5. The molecule has 86 valence electrons. The average molecular weight is 221 g/mol. The minimum Gasteiger partial charge on any atom is -0.380 e. The second-order valence-corrected chi connectivity index (χ2v) is 3.65. The molecule has 0 aliphatic rings. The van der Waals surface area contributed by atoms with E-state index in [0.29, 0.717) is 6.54 Å². The Morgan fingerprint density at radius 3 is 3.06 bits per heavy atom. The Kier molecular flexibility index (Phi) is 3.00. The molecule has 0 aromatic carbocycles. The molecule has 0 spiro atoms. The van der Waals surface area contributed by atoms with Crippen LogP contribution in [0.3, 0.4) is 0 Å². The molecule has 1 atom stereocenters. The van der Waals surface area contributed by atoms with Crippen LogP contribution in [0, 0.1) is 0 Å². The van der Waals surface area contributed by atoms with E-state index in [1.54, 1.807) is 18.0 Å². The number of anilines is 1. The smallest absolute Gasteiger partial charge is 0.163 e. The van der Waals surface area contributed by atoms with Crippen molar-refractivity contribution in [3.05, 3.63) is 12.5 Å². The van der Waals surface area contributed by atoms with E-state index in [-0.39, 0.29) is 6.10 Å². The predicted molar refractivity (Wildman–Crippen MR) is 61.3 cm³/mol. The lowest BCUT2D eigenvalue weighted by Gasteiger charge is -2.11. The van der Waals surface area contributed by atoms with Crippen LogP contribution in [0.2, 0.25) is 0 Å². The van der Waals surface area contributed by atoms with Gasteiger partial charge in [0.05, 0.1) is 17.7 Å². The van der Waals surface area contributed by atoms with E-state index < -0.39 is 0 Å². The molecule has 2 aromatic rings. The molecular weight excluding hydrogens is 206 g/mol. The molecule has 0 radical (unpaired) electrons. The first-order valence-corrected chi connectivity index (χ1v) is 5.11. The summed E-state index contributed by atoms with van der Waals surface area (Å²) < 4.78 is 6.89. The first-order valence-electron chi connectivity index (χ1n) is 5.11. The summed E-state index contributed by atoms with van der Waals surface area (Å²) in [6.07, 6.45) is 3.43. The standard InChI is InChI=1S/C10H15N5O/c1-7(16-3)4-11-9-8-5-14-15(2)10(8)13-6-12-9/h5-7H,4H2,1-3H3,(H,11,12,13). The zero-order valence-corrected chi connectivity index (χ0v) is 9.64. The summed E-state index contributed by atoms with van der Waals surface area (Å²) in [6, 6.07) is 0. The van der Waals surface area contributed by atoms with Gasteiger partial charge < -0.3 is 10.1 Å². The van der Waals surface area contributed by atoms with Crippen molar-refractivity contribution in [2.75, 3.05) is 19.0 Å². The van der Waals surface area contributed by atoms with Crippen LogP contribution in [0.25, 0.3) is 11.0 Å². The molecule has 2 aromatic heterocycles. The van der Waals surface area contributed by atoms with Gasteiger partial charge in [-0.05, 0) is 6.92 Å². The molecule has 0 aliphatic carbocycles. The Morgan fingerprint density at radius 1 is 1.50 bits per heavy atom. The predicted octanol–water partition coefficient (Wildman–Crippen LogP) is 0.810. The Hall–Kier alpha value is -1.69. The topological polar surface area (TPSA) is 64.9 Å². The lowest BCUT2D eigenvalue weighted by Crippen LogP contribution is -2.18. The zero-order valence-electron chi connectivity index (χ0n) is 9.64. The SMILES string of the molecule is COC(C)CNc1ncnc2c1cnn2C. The van der Waals surface area contributed by atoms with Crippen LogP contribution in [0.4, 0.5) is 5.82 Å². The van der Waals surface area contributed by atoms with Crippen molar-refractivity contribution in [3.8, 4) is 0 Å². The van der Waals surface area contributed by atoms with Gasteiger partial charge in [-0.3, -0.25) is 4.68 Å². The monoisotopic (exact) mass is 221 g/mol. The Bertz CT molecular complexity index is 481. The number of aryl methyl sites for hydroxylation is 1. The van der Waals surface area contributed by atoms with Gasteiger partial charge in [0.1, 0.15) is 12.1 Å². The van der Waals surface area contributed by atoms with Gasteiger partial charge in [-0.25, -0.2) is 9.97 Å². The number of nitrogens with one attached hydrogen (secondary N) is 1. The number of fused-ring (bicyclic) bond motifs is 1. The van der Waals surface area contributed by atoms with Crippen LogP contribution in [0.1, 0.15) is 6.92 Å². The summed E-state index contributed by atoms with van der Waals surface area (Å²) in [5.41, 5.74) is 0.822. The molecule has 0 amide bonds. The fourth-order valence-electron chi connectivity index (χ4n) is 1.43. The quantitative estimate of drug-likeness (QED) is 0.827. The number of ether oxygens (including phenoxy) is 1. The van der Waals surface area contributed by atoms with Gasteiger partial charge in [-0.2, -0.15) is 5.10 Å². The largest absolute Gasteiger partial charge is 0.380 e. The number of methoxy groups -OCH3 is 1. The van der Waals surface area contributed by atoms with E-state index in [0.717, 1.165) is 16.9 Å². The van der Waals surface area contributed by atoms with Crippen molar-refractivity contribution in [2.45, 2.75) is 13.0 Å². The molecule has 0 fully saturated rings. The molecule has 6 nitrogen and oxygen atoms in total. The summed E-state index contributed by atoms with van der Waals surface area (Å²) in [4.78, 5) is 8.36. The summed E-state index contributed by atoms with van der Waals surface area (Å²) in [5.74, 6) is 0.794. The number of aromatic nitrogens is 4. The molecule has 16 heavy (non-hydrogen) atoms. The number of hydrogen-bond acceptors (Lipinski definition) is 5. The van der Waals surface area contributed by atoms with Crippen molar-refractivity contribution >= 4 is 16.9 Å². The first-order chi connectivity index (χ1) is 7.72. The third-order valence-electron chi connectivity index (χ3n) is 2.49. The van der Waals surface area contributed by atoms with Crippen molar-refractivity contribution in [1.29, 1.82) is 0 Å². The highest BCUT2D eigenvalue weighted by molar-refractivity contribution is 5.85. The van der Waals surface area contributed by atoms with Crippen molar-refractivity contribution in [1.82, 2.24) is 19.7 Å². The average Bonchev–Trinajstić information content (AvgIpc) is 2.69. The summed E-state index contributed by atoms with van der Waals surface area (Å²) in [6.45, 7) is 2.70. The van der Waals surface area contributed by atoms with E-state index in [1.807, 2.05) is 14.0 Å². The number of nitrogens with zero attached hydrogens (tertiary/aromatic N) is 4. The number of hydrogen-bond donors (Lipinski definition) is 1. The van der Waals surface area contributed by atoms with Crippen molar-refractivity contribution in [2.24, 2.45) is 7.05 Å². The summed E-state index contributed by atoms with van der Waals surface area (Å²) in [7, 11) is 3.54. The normalized spacial score (nSPS) is 12.9. The molecule has 1 N–H and O–H groups in total. The minimum atomic E-state index is 0.140. The maximum Gasteiger partial charge on any atom is 0.163 e. The van der Waals surface area contributed by atoms with Gasteiger partial charge in [0.2, 0.25) is 0 Å². The van der Waals surface area contributed by atoms with Gasteiger partial charge >= 0.3 is 0 Å². The third kappa shape index (κ3) is 1.96. The first kappa shape index (κ1) is 10.8. The van der Waals surface area contributed by atoms with Crippen LogP contribution < -0.4 is 5.32 Å². The van der Waals surface area contributed by atoms with Crippen molar-refractivity contribution < 1.29 is 4.74 Å². The number of rotatable bonds is 4. The minimum absolute atomic E-state index is 0.140. The Labute approximate surface area is 93.6 Å². The van der Waals surface area contributed by atoms with Crippen LogP contribution >= 0.6 is 0 Å². The molecule has 0 aliphatic heterocycles.